The zero-order valence-corrected chi connectivity index (χ0v) is 11.1. The molecule has 0 aromatic heterocycles. The van der Waals surface area contributed by atoms with Gasteiger partial charge in [0.15, 0.2) is 5.78 Å². The third-order valence-electron chi connectivity index (χ3n) is 2.31. The molecule has 0 heterocycles. The van der Waals surface area contributed by atoms with Gasteiger partial charge in [0.1, 0.15) is 0 Å². The van der Waals surface area contributed by atoms with Crippen LogP contribution in [0.15, 0.2) is 41.5 Å². The van der Waals surface area contributed by atoms with Gasteiger partial charge in [0, 0.05) is 16.5 Å². The molecule has 1 aromatic carbocycles. The number of allylic oxidation sites excluding steroid dienone is 1. The van der Waals surface area contributed by atoms with Crippen LogP contribution < -0.4 is 0 Å². The van der Waals surface area contributed by atoms with E-state index in [-0.39, 0.29) is 5.78 Å². The van der Waals surface area contributed by atoms with E-state index in [1.807, 2.05) is 30.5 Å². The zero-order chi connectivity index (χ0) is 12.5. The van der Waals surface area contributed by atoms with Crippen molar-refractivity contribution in [3.63, 3.8) is 0 Å². The number of benzene rings is 1. The van der Waals surface area contributed by atoms with Gasteiger partial charge in [-0.2, -0.15) is 0 Å². The minimum Gasteiger partial charge on any atom is -0.501 e. The zero-order valence-electron chi connectivity index (χ0n) is 10.3. The highest BCUT2D eigenvalue weighted by Gasteiger charge is 2.01. The molecule has 1 rings (SSSR count). The van der Waals surface area contributed by atoms with E-state index in [1.54, 1.807) is 11.8 Å². The summed E-state index contributed by atoms with van der Waals surface area (Å²) in [6, 6.07) is 7.57. The largest absolute Gasteiger partial charge is 0.501 e. The summed E-state index contributed by atoms with van der Waals surface area (Å²) in [7, 11) is 0. The summed E-state index contributed by atoms with van der Waals surface area (Å²) in [6.07, 6.45) is 7.08. The van der Waals surface area contributed by atoms with Gasteiger partial charge in [-0.05, 0) is 36.9 Å². The smallest absolute Gasteiger partial charge is 0.188 e. The molecule has 17 heavy (non-hydrogen) atoms. The van der Waals surface area contributed by atoms with E-state index in [0.717, 1.165) is 17.7 Å². The molecule has 0 aliphatic rings. The standard InChI is InChI=1S/C14H18O2S/c1-3-4-10-16-11-9-14(15)12-5-7-13(17-2)8-6-12/h5-9,11H,3-4,10H2,1-2H3/b11-9+. The molecule has 0 spiro atoms. The van der Waals surface area contributed by atoms with E-state index >= 15 is 0 Å². The fraction of sp³-hybridized carbons (Fsp3) is 0.357. The van der Waals surface area contributed by atoms with Crippen molar-refractivity contribution >= 4 is 17.5 Å². The van der Waals surface area contributed by atoms with Crippen molar-refractivity contribution in [1.29, 1.82) is 0 Å². The van der Waals surface area contributed by atoms with Crippen molar-refractivity contribution in [3.8, 4) is 0 Å². The second-order valence-electron chi connectivity index (χ2n) is 3.62. The Bertz CT molecular complexity index is 368. The van der Waals surface area contributed by atoms with Crippen molar-refractivity contribution in [2.45, 2.75) is 24.7 Å². The van der Waals surface area contributed by atoms with Crippen LogP contribution in [0.25, 0.3) is 0 Å². The molecule has 3 heteroatoms. The summed E-state index contributed by atoms with van der Waals surface area (Å²) in [5.74, 6) is -0.0193. The van der Waals surface area contributed by atoms with Gasteiger partial charge >= 0.3 is 0 Å². The summed E-state index contributed by atoms with van der Waals surface area (Å²) < 4.78 is 5.21. The Hall–Kier alpha value is -1.22. The summed E-state index contributed by atoms with van der Waals surface area (Å²) in [5.41, 5.74) is 0.693. The molecule has 0 N–H and O–H groups in total. The van der Waals surface area contributed by atoms with Gasteiger partial charge < -0.3 is 4.74 Å². The van der Waals surface area contributed by atoms with Crippen molar-refractivity contribution in [3.05, 3.63) is 42.2 Å². The molecule has 0 radical (unpaired) electrons. The van der Waals surface area contributed by atoms with Crippen molar-refractivity contribution in [2.24, 2.45) is 0 Å². The average molecular weight is 250 g/mol. The molecule has 0 saturated heterocycles. The van der Waals surface area contributed by atoms with Crippen molar-refractivity contribution < 1.29 is 9.53 Å². The number of ketones is 1. The van der Waals surface area contributed by atoms with E-state index in [9.17, 15) is 4.79 Å². The van der Waals surface area contributed by atoms with Crippen LogP contribution >= 0.6 is 11.8 Å². The lowest BCUT2D eigenvalue weighted by molar-refractivity contribution is 0.104. The minimum atomic E-state index is -0.0193. The van der Waals surface area contributed by atoms with Crippen LogP contribution in [-0.2, 0) is 4.74 Å². The lowest BCUT2D eigenvalue weighted by Crippen LogP contribution is -1.94. The first-order chi connectivity index (χ1) is 8.27. The molecule has 1 aromatic rings. The van der Waals surface area contributed by atoms with Crippen LogP contribution in [-0.4, -0.2) is 18.6 Å². The number of carbonyl (C=O) groups excluding carboxylic acids is 1. The number of rotatable bonds is 7. The quantitative estimate of drug-likeness (QED) is 0.241. The monoisotopic (exact) mass is 250 g/mol. The fourth-order valence-corrected chi connectivity index (χ4v) is 1.67. The van der Waals surface area contributed by atoms with Crippen LogP contribution in [0.3, 0.4) is 0 Å². The highest BCUT2D eigenvalue weighted by atomic mass is 32.2. The summed E-state index contributed by atoms with van der Waals surface area (Å²) in [5, 5.41) is 0. The maximum atomic E-state index is 11.7. The Morgan fingerprint density at radius 1 is 1.35 bits per heavy atom. The van der Waals surface area contributed by atoms with Gasteiger partial charge in [0.2, 0.25) is 0 Å². The highest BCUT2D eigenvalue weighted by Crippen LogP contribution is 2.15. The number of ether oxygens (including phenoxy) is 1. The molecule has 92 valence electrons. The number of hydrogen-bond acceptors (Lipinski definition) is 3. The van der Waals surface area contributed by atoms with Crippen LogP contribution in [0.1, 0.15) is 30.1 Å². The van der Waals surface area contributed by atoms with Gasteiger partial charge in [-0.15, -0.1) is 11.8 Å². The topological polar surface area (TPSA) is 26.3 Å². The Labute approximate surface area is 107 Å². The normalized spacial score (nSPS) is 10.7. The van der Waals surface area contributed by atoms with Gasteiger partial charge in [-0.1, -0.05) is 13.3 Å². The first-order valence-corrected chi connectivity index (χ1v) is 6.97. The number of hydrogen-bond donors (Lipinski definition) is 0. The second-order valence-corrected chi connectivity index (χ2v) is 4.50. The molecule has 0 aliphatic heterocycles. The Morgan fingerprint density at radius 3 is 2.65 bits per heavy atom. The molecule has 0 fully saturated rings. The van der Waals surface area contributed by atoms with Crippen LogP contribution in [0, 0.1) is 0 Å². The lowest BCUT2D eigenvalue weighted by Gasteiger charge is -1.99. The molecule has 0 bridgehead atoms. The van der Waals surface area contributed by atoms with Crippen molar-refractivity contribution in [2.75, 3.05) is 12.9 Å². The van der Waals surface area contributed by atoms with E-state index in [4.69, 9.17) is 4.74 Å². The third-order valence-corrected chi connectivity index (χ3v) is 3.05. The van der Waals surface area contributed by atoms with E-state index < -0.39 is 0 Å². The summed E-state index contributed by atoms with van der Waals surface area (Å²) >= 11 is 1.66. The van der Waals surface area contributed by atoms with Gasteiger partial charge in [0.05, 0.1) is 12.9 Å². The van der Waals surface area contributed by atoms with E-state index in [1.165, 1.54) is 12.3 Å². The van der Waals surface area contributed by atoms with Crippen LogP contribution in [0.5, 0.6) is 0 Å². The van der Waals surface area contributed by atoms with Crippen molar-refractivity contribution in [1.82, 2.24) is 0 Å². The Balaban J connectivity index is 2.46. The van der Waals surface area contributed by atoms with Gasteiger partial charge in [-0.25, -0.2) is 0 Å². The number of unbranched alkanes of at least 4 members (excludes halogenated alkanes) is 1. The number of thioether (sulfide) groups is 1. The molecule has 0 amide bonds. The van der Waals surface area contributed by atoms with Crippen LogP contribution in [0.2, 0.25) is 0 Å². The van der Waals surface area contributed by atoms with Gasteiger partial charge in [0.25, 0.3) is 0 Å². The van der Waals surface area contributed by atoms with Crippen LogP contribution in [0.4, 0.5) is 0 Å². The minimum absolute atomic E-state index is 0.0193. The predicted molar refractivity (Wildman–Crippen MR) is 72.6 cm³/mol. The van der Waals surface area contributed by atoms with E-state index in [0.29, 0.717) is 12.2 Å². The molecular formula is C14H18O2S. The first-order valence-electron chi connectivity index (χ1n) is 5.74. The summed E-state index contributed by atoms with van der Waals surface area (Å²) in [4.78, 5) is 12.9. The predicted octanol–water partition coefficient (Wildman–Crippen LogP) is 3.92. The third kappa shape index (κ3) is 5.09. The Morgan fingerprint density at radius 2 is 2.06 bits per heavy atom. The number of carbonyl (C=O) groups is 1. The molecule has 0 unspecified atom stereocenters. The molecule has 2 nitrogen and oxygen atoms in total. The maximum Gasteiger partial charge on any atom is 0.188 e. The van der Waals surface area contributed by atoms with E-state index in [2.05, 4.69) is 6.92 Å². The molecule has 0 saturated carbocycles. The highest BCUT2D eigenvalue weighted by molar-refractivity contribution is 7.98. The summed E-state index contributed by atoms with van der Waals surface area (Å²) in [6.45, 7) is 2.78. The lowest BCUT2D eigenvalue weighted by atomic mass is 10.1. The SMILES string of the molecule is CCCCO/C=C/C(=O)c1ccc(SC)cc1. The molecule has 0 atom stereocenters. The maximum absolute atomic E-state index is 11.7. The van der Waals surface area contributed by atoms with Gasteiger partial charge in [-0.3, -0.25) is 4.79 Å². The Kier molecular flexibility index (Phi) is 6.48. The second kappa shape index (κ2) is 7.96. The fourth-order valence-electron chi connectivity index (χ4n) is 1.26. The average Bonchev–Trinajstić information content (AvgIpc) is 2.38. The molecular weight excluding hydrogens is 232 g/mol. The molecule has 0 aliphatic carbocycles. The first kappa shape index (κ1) is 13.8.